The van der Waals surface area contributed by atoms with E-state index in [4.69, 9.17) is 0 Å². The van der Waals surface area contributed by atoms with Gasteiger partial charge in [0.15, 0.2) is 5.78 Å². The van der Waals surface area contributed by atoms with Crippen LogP contribution in [-0.2, 0) is 4.79 Å². The summed E-state index contributed by atoms with van der Waals surface area (Å²) in [6.45, 7) is 9.57. The van der Waals surface area contributed by atoms with E-state index in [0.29, 0.717) is 17.6 Å². The summed E-state index contributed by atoms with van der Waals surface area (Å²) in [7, 11) is 0. The molecule has 36 heavy (non-hydrogen) atoms. The number of benzene rings is 2. The van der Waals surface area contributed by atoms with Crippen molar-refractivity contribution < 1.29 is 9.59 Å². The van der Waals surface area contributed by atoms with E-state index in [1.165, 1.54) is 24.8 Å². The fourth-order valence-electron chi connectivity index (χ4n) is 3.79. The number of aromatic nitrogens is 2. The summed E-state index contributed by atoms with van der Waals surface area (Å²) in [5.74, 6) is 0.683. The Bertz CT molecular complexity index is 1080. The number of amides is 1. The molecule has 0 saturated heterocycles. The zero-order chi connectivity index (χ0) is 26.3. The smallest absolute Gasteiger partial charge is 0.227 e. The maximum absolute atomic E-state index is 11.3. The molecule has 1 unspecified atom stereocenters. The molecule has 2 aromatic carbocycles. The van der Waals surface area contributed by atoms with Crippen molar-refractivity contribution in [2.45, 2.75) is 79.2 Å². The van der Waals surface area contributed by atoms with Crippen LogP contribution >= 0.6 is 0 Å². The predicted molar refractivity (Wildman–Crippen MR) is 149 cm³/mol. The molecule has 1 aromatic heterocycles. The first-order valence-corrected chi connectivity index (χ1v) is 12.9. The molecule has 0 saturated carbocycles. The second-order valence-electron chi connectivity index (χ2n) is 9.07. The molecule has 0 aliphatic carbocycles. The predicted octanol–water partition coefficient (Wildman–Crippen LogP) is 7.27. The van der Waals surface area contributed by atoms with E-state index in [9.17, 15) is 9.59 Å². The Hall–Kier alpha value is -3.54. The van der Waals surface area contributed by atoms with Gasteiger partial charge in [0.25, 0.3) is 0 Å². The Labute approximate surface area is 216 Å². The lowest BCUT2D eigenvalue weighted by atomic mass is 10.0. The van der Waals surface area contributed by atoms with Crippen molar-refractivity contribution in [2.75, 3.05) is 5.32 Å². The number of aryl methyl sites for hydroxylation is 1. The molecule has 6 heteroatoms. The van der Waals surface area contributed by atoms with Gasteiger partial charge in [0.1, 0.15) is 0 Å². The third-order valence-corrected chi connectivity index (χ3v) is 5.75. The Kier molecular flexibility index (Phi) is 12.3. The third kappa shape index (κ3) is 10.4. The molecule has 0 aliphatic heterocycles. The molecule has 6 nitrogen and oxygen atoms in total. The van der Waals surface area contributed by atoms with Crippen molar-refractivity contribution in [1.29, 1.82) is 0 Å². The molecular weight excluding hydrogens is 448 g/mol. The average molecular weight is 489 g/mol. The standard InChI is InChI=1S/C19H17N3O.C11H23NO/c1-13-3-5-16(6-4-13)18-11-12-20-19(22-18)21-17-9-7-15(8-10-17)14(2)23;1-4-6-7-9-11(8-5-2)12-10(3)13/h3-12H,1-2H3,(H,20,21,22);11H,4-9H2,1-3H3,(H,12,13). The maximum Gasteiger partial charge on any atom is 0.227 e. The van der Waals surface area contributed by atoms with E-state index < -0.39 is 0 Å². The van der Waals surface area contributed by atoms with Gasteiger partial charge < -0.3 is 10.6 Å². The number of anilines is 2. The zero-order valence-corrected chi connectivity index (χ0v) is 22.3. The summed E-state index contributed by atoms with van der Waals surface area (Å²) >= 11 is 0. The number of rotatable bonds is 11. The van der Waals surface area contributed by atoms with Gasteiger partial charge >= 0.3 is 0 Å². The van der Waals surface area contributed by atoms with E-state index in [0.717, 1.165) is 36.2 Å². The molecule has 0 fully saturated rings. The van der Waals surface area contributed by atoms with Crippen LogP contribution in [0.15, 0.2) is 60.8 Å². The van der Waals surface area contributed by atoms with Gasteiger partial charge in [-0.3, -0.25) is 9.59 Å². The maximum atomic E-state index is 11.3. The largest absolute Gasteiger partial charge is 0.354 e. The van der Waals surface area contributed by atoms with Gasteiger partial charge in [0.2, 0.25) is 11.9 Å². The van der Waals surface area contributed by atoms with Crippen LogP contribution in [0.3, 0.4) is 0 Å². The number of hydrogen-bond acceptors (Lipinski definition) is 5. The lowest BCUT2D eigenvalue weighted by molar-refractivity contribution is -0.119. The van der Waals surface area contributed by atoms with Gasteiger partial charge in [-0.25, -0.2) is 9.97 Å². The summed E-state index contributed by atoms with van der Waals surface area (Å²) in [5.41, 5.74) is 4.66. The highest BCUT2D eigenvalue weighted by Gasteiger charge is 2.07. The van der Waals surface area contributed by atoms with Crippen LogP contribution < -0.4 is 10.6 Å². The molecular formula is C30H40N4O2. The first kappa shape index (κ1) is 28.7. The number of ketones is 1. The highest BCUT2D eigenvalue weighted by atomic mass is 16.1. The average Bonchev–Trinajstić information content (AvgIpc) is 2.85. The Morgan fingerprint density at radius 1 is 0.861 bits per heavy atom. The fourth-order valence-corrected chi connectivity index (χ4v) is 3.79. The second kappa shape index (κ2) is 15.5. The van der Waals surface area contributed by atoms with Crippen LogP contribution in [0.4, 0.5) is 11.6 Å². The van der Waals surface area contributed by atoms with Crippen LogP contribution in [0.25, 0.3) is 11.3 Å². The molecule has 1 amide bonds. The van der Waals surface area contributed by atoms with E-state index in [2.05, 4.69) is 53.5 Å². The summed E-state index contributed by atoms with van der Waals surface area (Å²) < 4.78 is 0. The van der Waals surface area contributed by atoms with Crippen molar-refractivity contribution in [3.63, 3.8) is 0 Å². The first-order valence-electron chi connectivity index (χ1n) is 12.9. The van der Waals surface area contributed by atoms with Gasteiger partial charge in [-0.2, -0.15) is 0 Å². The van der Waals surface area contributed by atoms with Crippen LogP contribution in [0.2, 0.25) is 0 Å². The van der Waals surface area contributed by atoms with Gasteiger partial charge in [0.05, 0.1) is 5.69 Å². The van der Waals surface area contributed by atoms with Gasteiger partial charge in [-0.05, 0) is 57.0 Å². The molecule has 1 heterocycles. The number of nitrogens with one attached hydrogen (secondary N) is 2. The lowest BCUT2D eigenvalue weighted by Gasteiger charge is -2.16. The van der Waals surface area contributed by atoms with Crippen LogP contribution in [-0.4, -0.2) is 27.7 Å². The van der Waals surface area contributed by atoms with E-state index in [1.54, 1.807) is 32.2 Å². The third-order valence-electron chi connectivity index (χ3n) is 5.75. The minimum Gasteiger partial charge on any atom is -0.354 e. The normalized spacial score (nSPS) is 11.1. The van der Waals surface area contributed by atoms with Crippen molar-refractivity contribution in [3.05, 3.63) is 71.9 Å². The number of carbonyl (C=O) groups is 2. The zero-order valence-electron chi connectivity index (χ0n) is 22.3. The SMILES string of the molecule is CC(=O)c1ccc(Nc2nccc(-c3ccc(C)cc3)n2)cc1.CCCCCC(CCC)NC(C)=O. The highest BCUT2D eigenvalue weighted by molar-refractivity contribution is 5.94. The number of nitrogens with zero attached hydrogens (tertiary/aromatic N) is 2. The minimum absolute atomic E-state index is 0.0502. The van der Waals surface area contributed by atoms with Crippen molar-refractivity contribution in [1.82, 2.24) is 15.3 Å². The molecule has 1 atom stereocenters. The topological polar surface area (TPSA) is 84.0 Å². The van der Waals surface area contributed by atoms with Crippen LogP contribution in [0.1, 0.15) is 82.1 Å². The fraction of sp³-hybridized carbons (Fsp3) is 0.400. The molecule has 0 bridgehead atoms. The molecule has 0 spiro atoms. The van der Waals surface area contributed by atoms with Crippen molar-refractivity contribution in [2.24, 2.45) is 0 Å². The van der Waals surface area contributed by atoms with Crippen LogP contribution in [0.5, 0.6) is 0 Å². The van der Waals surface area contributed by atoms with Gasteiger partial charge in [-0.15, -0.1) is 0 Å². The van der Waals surface area contributed by atoms with Crippen LogP contribution in [0, 0.1) is 6.92 Å². The van der Waals surface area contributed by atoms with E-state index in [-0.39, 0.29) is 11.7 Å². The molecule has 0 radical (unpaired) electrons. The summed E-state index contributed by atoms with van der Waals surface area (Å²) in [6.07, 6.45) is 8.90. The molecule has 0 aliphatic rings. The first-order chi connectivity index (χ1) is 17.3. The van der Waals surface area contributed by atoms with Gasteiger partial charge in [0, 0.05) is 36.0 Å². The molecule has 3 rings (SSSR count). The lowest BCUT2D eigenvalue weighted by Crippen LogP contribution is -2.32. The summed E-state index contributed by atoms with van der Waals surface area (Å²) in [6, 6.07) is 17.8. The second-order valence-corrected chi connectivity index (χ2v) is 9.07. The minimum atomic E-state index is 0.0502. The Morgan fingerprint density at radius 2 is 1.56 bits per heavy atom. The molecule has 192 valence electrons. The monoisotopic (exact) mass is 488 g/mol. The number of hydrogen-bond donors (Lipinski definition) is 2. The van der Waals surface area contributed by atoms with Crippen molar-refractivity contribution in [3.8, 4) is 11.3 Å². The quantitative estimate of drug-likeness (QED) is 0.219. The number of carbonyl (C=O) groups excluding carboxylic acids is 2. The molecule has 3 aromatic rings. The summed E-state index contributed by atoms with van der Waals surface area (Å²) in [5, 5.41) is 6.16. The Morgan fingerprint density at radius 3 is 2.14 bits per heavy atom. The van der Waals surface area contributed by atoms with Gasteiger partial charge in [-0.1, -0.05) is 69.4 Å². The van der Waals surface area contributed by atoms with E-state index >= 15 is 0 Å². The Balaban J connectivity index is 0.000000302. The number of unbranched alkanes of at least 4 members (excludes halogenated alkanes) is 2. The van der Waals surface area contributed by atoms with Crippen molar-refractivity contribution >= 4 is 23.3 Å². The number of Topliss-reactive ketones (excluding diaryl/α,β-unsaturated/α-hetero) is 1. The molecule has 2 N–H and O–H groups in total. The summed E-state index contributed by atoms with van der Waals surface area (Å²) in [4.78, 5) is 30.9. The van der Waals surface area contributed by atoms with E-state index in [1.807, 2.05) is 30.3 Å². The highest BCUT2D eigenvalue weighted by Crippen LogP contribution is 2.20.